The second-order valence-corrected chi connectivity index (χ2v) is 33.0. The highest BCUT2D eigenvalue weighted by molar-refractivity contribution is 7.99. The van der Waals surface area contributed by atoms with E-state index in [0.717, 1.165) is 31.2 Å². The first kappa shape index (κ1) is 96.1. The van der Waals surface area contributed by atoms with Crippen LogP contribution < -0.4 is 59.7 Å². The lowest BCUT2D eigenvalue weighted by Crippen LogP contribution is -2.61. The fourth-order valence-corrected chi connectivity index (χ4v) is 16.7. The number of phenols is 1. The number of fused-ring (bicyclic) bond motifs is 2. The molecule has 2 fully saturated rings. The number of hydrogen-bond donors (Lipinski definition) is 15. The number of carbonyl (C=O) groups is 15. The summed E-state index contributed by atoms with van der Waals surface area (Å²) in [7, 11) is 5.81. The molecule has 0 unspecified atom stereocenters. The monoisotopic (exact) mass is 1730 g/mol. The number of aromatic amines is 2. The van der Waals surface area contributed by atoms with E-state index in [4.69, 9.17) is 17.2 Å². The number of nitrogens with two attached hydrogens (primary N) is 3. The molecule has 2 saturated heterocycles. The molecule has 122 heavy (non-hydrogen) atoms. The van der Waals surface area contributed by atoms with Crippen molar-refractivity contribution < 1.29 is 82.1 Å². The predicted octanol–water partition coefficient (Wildman–Crippen LogP) is 0.341. The average Bonchev–Trinajstić information content (AvgIpc) is 1.64. The minimum Gasteiger partial charge on any atom is -0.508 e. The van der Waals surface area contributed by atoms with Crippen LogP contribution in [0.4, 0.5) is 0 Å². The summed E-state index contributed by atoms with van der Waals surface area (Å²) in [6.07, 6.45) is 3.73. The number of imidazole rings is 1. The molecular formula is C84H117N19O17S2. The number of primary amides is 1. The zero-order valence-corrected chi connectivity index (χ0v) is 71.9. The van der Waals surface area contributed by atoms with Gasteiger partial charge in [0, 0.05) is 120 Å². The van der Waals surface area contributed by atoms with Crippen LogP contribution in [0.1, 0.15) is 134 Å². The quantitative estimate of drug-likeness (QED) is 0.0229. The molecule has 662 valence electrons. The molecule has 0 radical (unpaired) electrons. The number of aliphatic hydroxyl groups excluding tert-OH is 1. The molecule has 0 aliphatic carbocycles. The average molecular weight is 1730 g/mol. The topological polar surface area (TPSA) is 531 Å². The number of nitrogens with zero attached hydrogens (tertiary/aromatic N) is 6. The minimum absolute atomic E-state index is 0.00865. The lowest BCUT2D eigenvalue weighted by molar-refractivity contribution is -0.149. The number of likely N-dealkylation sites (tertiary alicyclic amines) is 2. The van der Waals surface area contributed by atoms with Crippen LogP contribution in [0, 0.1) is 0 Å². The number of carbonyl (C=O) groups excluding carboxylic acids is 15. The standard InChI is InChI=1S/C84H117N19O17S2/c1-9-11-21-66(77(113)88-5)100(7)84(120)68(22-12-10-2)101(8)81(117)64(38-52-45-122-70-24-16-14-19-57(52)70)98-74(110)59(31-32-85)93-75(111)61(37-51-42-90-58-20-15-13-18-56(51)58)95-79(115)69-40-55(106)44-103(69)82(118)60(30-25-48(3)104)94-76(112)62(39-53-43-89-47-91-53)96-78(114)67-23-17-34-102(67)83(119)65(41-71(87)107)97-73(109)49(4)99(6)80(116)63(92-72(108)46-121-35-33-86)36-50-26-28-54(105)29-27-50/h13-16,18-20,24,26-29,42-43,45,47,49,55,59-69,90,105-106H,9-12,17,21-23,25,30-41,44,46,85-86H2,1-8H3,(H2,87,107)(H,88,113)(H,89,91)(H,92,108)(H,93,111)(H,94,112)(H,95,115)(H,96,114)(H,97,109)(H,98,110)/t49-,55+,59-,60-,61-,62-,63-,64-,65-,66-,67-,68-,69-/m0/s1. The maximum absolute atomic E-state index is 15.3. The Balaban J connectivity index is 1.01. The van der Waals surface area contributed by atoms with Crippen LogP contribution in [0.3, 0.4) is 0 Å². The first-order valence-corrected chi connectivity index (χ1v) is 43.3. The van der Waals surface area contributed by atoms with Crippen molar-refractivity contribution in [3.63, 3.8) is 0 Å². The number of amides is 14. The van der Waals surface area contributed by atoms with Gasteiger partial charge in [-0.1, -0.05) is 88.1 Å². The maximum atomic E-state index is 15.3. The van der Waals surface area contributed by atoms with Crippen LogP contribution in [0.2, 0.25) is 0 Å². The number of thioether (sulfide) groups is 1. The highest BCUT2D eigenvalue weighted by atomic mass is 32.2. The molecule has 3 aromatic carbocycles. The van der Waals surface area contributed by atoms with E-state index in [1.54, 1.807) is 42.6 Å². The molecule has 2 aliphatic heterocycles. The summed E-state index contributed by atoms with van der Waals surface area (Å²) >= 11 is 2.67. The van der Waals surface area contributed by atoms with Crippen LogP contribution >= 0.6 is 23.1 Å². The number of nitrogens with one attached hydrogen (secondary N) is 10. The Morgan fingerprint density at radius 3 is 1.85 bits per heavy atom. The molecule has 13 atom stereocenters. The Labute approximate surface area is 716 Å². The summed E-state index contributed by atoms with van der Waals surface area (Å²) in [5.41, 5.74) is 20.2. The van der Waals surface area contributed by atoms with E-state index < -0.39 is 181 Å². The Morgan fingerprint density at radius 2 is 1.20 bits per heavy atom. The number of phenolic OH excluding ortho intramolecular Hbond substituents is 1. The van der Waals surface area contributed by atoms with Crippen LogP contribution in [0.15, 0.2) is 96.9 Å². The van der Waals surface area contributed by atoms with Crippen molar-refractivity contribution in [1.82, 2.24) is 82.0 Å². The number of hydrogen-bond acceptors (Lipinski definition) is 22. The molecule has 2 aliphatic rings. The van der Waals surface area contributed by atoms with E-state index in [1.165, 1.54) is 99.6 Å². The number of β-amino-alcohol motifs (C(OH)–C–C–N with tert-alkyl or cyclic N) is 1. The van der Waals surface area contributed by atoms with Gasteiger partial charge in [-0.25, -0.2) is 4.98 Å². The number of aliphatic hydroxyl groups is 1. The summed E-state index contributed by atoms with van der Waals surface area (Å²) in [4.78, 5) is 232. The highest BCUT2D eigenvalue weighted by Gasteiger charge is 2.46. The lowest BCUT2D eigenvalue weighted by Gasteiger charge is -2.36. The number of thiophene rings is 1. The first-order chi connectivity index (χ1) is 58.3. The zero-order valence-electron chi connectivity index (χ0n) is 70.3. The molecule has 6 aromatic rings. The smallest absolute Gasteiger partial charge is 0.246 e. The number of aromatic nitrogens is 3. The Kier molecular flexibility index (Phi) is 36.7. The Hall–Kier alpha value is -11.4. The fraction of sp³-hybridized carbons (Fsp3) is 0.524. The number of H-pyrrole nitrogens is 2. The number of Topliss-reactive ketones (excluding diaryl/α,β-unsaturated/α-hetero) is 1. The maximum Gasteiger partial charge on any atom is 0.246 e. The van der Waals surface area contributed by atoms with E-state index in [2.05, 4.69) is 57.5 Å². The Bertz CT molecular complexity index is 4640. The van der Waals surface area contributed by atoms with Gasteiger partial charge in [0.2, 0.25) is 82.7 Å². The molecule has 0 bridgehead atoms. The van der Waals surface area contributed by atoms with Crippen molar-refractivity contribution in [3.05, 3.63) is 119 Å². The number of unbranched alkanes of at least 4 members (excludes halogenated alkanes) is 2. The van der Waals surface area contributed by atoms with Gasteiger partial charge >= 0.3 is 0 Å². The van der Waals surface area contributed by atoms with Crippen molar-refractivity contribution in [1.29, 1.82) is 0 Å². The predicted molar refractivity (Wildman–Crippen MR) is 458 cm³/mol. The molecular weight excluding hydrogens is 1610 g/mol. The molecule has 8 rings (SSSR count). The van der Waals surface area contributed by atoms with E-state index in [-0.39, 0.29) is 100 Å². The van der Waals surface area contributed by atoms with E-state index in [9.17, 15) is 53.4 Å². The van der Waals surface area contributed by atoms with Gasteiger partial charge in [-0.15, -0.1) is 11.3 Å². The Morgan fingerprint density at radius 1 is 0.615 bits per heavy atom. The van der Waals surface area contributed by atoms with E-state index in [1.807, 2.05) is 43.5 Å². The zero-order chi connectivity index (χ0) is 89.0. The summed E-state index contributed by atoms with van der Waals surface area (Å²) in [6.45, 7) is 6.07. The minimum atomic E-state index is -1.69. The molecule has 0 saturated carbocycles. The molecule has 0 spiro atoms. The fourth-order valence-electron chi connectivity index (χ4n) is 15.2. The number of para-hydroxylation sites is 1. The third kappa shape index (κ3) is 26.3. The van der Waals surface area contributed by atoms with Gasteiger partial charge in [-0.05, 0) is 111 Å². The number of likely N-dealkylation sites (N-methyl/N-ethyl adjacent to an activating group) is 4. The van der Waals surface area contributed by atoms with Crippen molar-refractivity contribution in [3.8, 4) is 5.75 Å². The largest absolute Gasteiger partial charge is 0.508 e. The number of aromatic hydroxyl groups is 1. The van der Waals surface area contributed by atoms with Gasteiger partial charge in [-0.3, -0.25) is 67.1 Å². The molecule has 18 N–H and O–H groups in total. The SMILES string of the molecule is CCCC[C@@H](C(=O)N(C)[C@@H](CCCC)C(=O)NC)N(C)C(=O)[C@H](Cc1csc2ccccc12)NC(=O)[C@H](CCN)NC(=O)[C@H](Cc1c[nH]c2ccccc12)NC(=O)[C@@H]1C[C@@H](O)CN1C(=O)[C@H](CCC(C)=O)NC(=O)[C@H](Cc1c[nH]cn1)NC(=O)[C@@H]1CCCN1C(=O)[C@H](CC(N)=O)NC(=O)[C@H](C)N(C)C(=O)[C@H](Cc1ccc(O)cc1)NC(=O)CSCCN. The van der Waals surface area contributed by atoms with Crippen LogP contribution in [-0.2, 0) is 97.6 Å². The second kappa shape index (κ2) is 46.6. The van der Waals surface area contributed by atoms with Gasteiger partial charge in [0.1, 0.15) is 84.0 Å². The summed E-state index contributed by atoms with van der Waals surface area (Å²) in [6, 6.07) is 3.88. The van der Waals surface area contributed by atoms with Gasteiger partial charge in [-0.2, -0.15) is 11.8 Å². The van der Waals surface area contributed by atoms with Crippen molar-refractivity contribution in [2.45, 2.75) is 215 Å². The summed E-state index contributed by atoms with van der Waals surface area (Å²) in [5, 5.41) is 46.5. The van der Waals surface area contributed by atoms with Gasteiger partial charge in [0.25, 0.3) is 0 Å². The van der Waals surface area contributed by atoms with Crippen molar-refractivity contribution in [2.24, 2.45) is 17.2 Å². The van der Waals surface area contributed by atoms with Crippen molar-refractivity contribution >= 4 is 133 Å². The van der Waals surface area contributed by atoms with E-state index in [0.29, 0.717) is 65.6 Å². The highest BCUT2D eigenvalue weighted by Crippen LogP contribution is 2.30. The lowest BCUT2D eigenvalue weighted by atomic mass is 10.00. The van der Waals surface area contributed by atoms with Crippen LogP contribution in [0.25, 0.3) is 21.0 Å². The number of benzene rings is 3. The summed E-state index contributed by atoms with van der Waals surface area (Å²) in [5.74, 6) is -11.1. The molecule has 3 aromatic heterocycles. The first-order valence-electron chi connectivity index (χ1n) is 41.2. The summed E-state index contributed by atoms with van der Waals surface area (Å²) < 4.78 is 0.904. The van der Waals surface area contributed by atoms with Gasteiger partial charge in [0.15, 0.2) is 0 Å². The third-order valence-electron chi connectivity index (χ3n) is 22.1. The van der Waals surface area contributed by atoms with Crippen molar-refractivity contribution in [2.75, 3.05) is 65.9 Å². The van der Waals surface area contributed by atoms with Gasteiger partial charge in [0.05, 0.1) is 30.3 Å². The third-order valence-corrected chi connectivity index (χ3v) is 24.1. The molecule has 36 nitrogen and oxygen atoms in total. The van der Waals surface area contributed by atoms with Gasteiger partial charge < -0.3 is 109 Å². The number of ketones is 1. The molecule has 38 heteroatoms. The van der Waals surface area contributed by atoms with Crippen LogP contribution in [-0.4, -0.2) is 283 Å². The van der Waals surface area contributed by atoms with E-state index >= 15 is 28.8 Å². The normalized spacial score (nSPS) is 16.9. The molecule has 14 amide bonds. The second-order valence-electron chi connectivity index (χ2n) is 31.0. The molecule has 5 heterocycles. The number of rotatable bonds is 47. The van der Waals surface area contributed by atoms with Crippen LogP contribution in [0.5, 0.6) is 5.75 Å².